The lowest BCUT2D eigenvalue weighted by atomic mass is 9.90. The molecule has 1 aromatic carbocycles. The molecule has 4 nitrogen and oxygen atoms in total. The molecule has 1 fully saturated rings. The maximum Gasteiger partial charge on any atom is 0.264 e. The number of thiophene rings is 1. The molecule has 142 valence electrons. The minimum Gasteiger partial charge on any atom is -0.477 e. The number of halogens is 1. The summed E-state index contributed by atoms with van der Waals surface area (Å²) in [4.78, 5) is 13.1. The third-order valence-corrected chi connectivity index (χ3v) is 5.39. The lowest BCUT2D eigenvalue weighted by Crippen LogP contribution is -2.58. The number of benzene rings is 1. The van der Waals surface area contributed by atoms with E-state index in [2.05, 4.69) is 34.4 Å². The van der Waals surface area contributed by atoms with Gasteiger partial charge in [-0.05, 0) is 67.9 Å². The summed E-state index contributed by atoms with van der Waals surface area (Å²) in [6.07, 6.45) is 2.20. The van der Waals surface area contributed by atoms with E-state index in [1.165, 1.54) is 11.1 Å². The van der Waals surface area contributed by atoms with E-state index in [4.69, 9.17) is 4.74 Å². The summed E-state index contributed by atoms with van der Waals surface area (Å²) in [6.45, 7) is 5.68. The highest BCUT2D eigenvalue weighted by Gasteiger charge is 2.42. The number of carbonyl (C=O) groups excluding carboxylic acids is 1. The normalized spacial score (nSPS) is 17.0. The molecule has 1 aliphatic rings. The number of amides is 1. The van der Waals surface area contributed by atoms with Crippen molar-refractivity contribution in [1.82, 2.24) is 10.6 Å². The summed E-state index contributed by atoms with van der Waals surface area (Å²) >= 11 is 1.69. The molecule has 1 atom stereocenters. The minimum absolute atomic E-state index is 0. The first-order valence-corrected chi connectivity index (χ1v) is 9.80. The number of piperidine rings is 1. The lowest BCUT2D eigenvalue weighted by Gasteiger charge is -2.37. The van der Waals surface area contributed by atoms with Crippen molar-refractivity contribution >= 4 is 29.7 Å². The van der Waals surface area contributed by atoms with Gasteiger partial charge >= 0.3 is 0 Å². The van der Waals surface area contributed by atoms with Gasteiger partial charge in [-0.25, -0.2) is 0 Å². The molecule has 1 saturated heterocycles. The van der Waals surface area contributed by atoms with Crippen LogP contribution >= 0.6 is 23.7 Å². The molecule has 0 bridgehead atoms. The van der Waals surface area contributed by atoms with Gasteiger partial charge in [0, 0.05) is 18.9 Å². The molecule has 1 unspecified atom stereocenters. The van der Waals surface area contributed by atoms with Crippen LogP contribution < -0.4 is 15.4 Å². The third kappa shape index (κ3) is 5.22. The van der Waals surface area contributed by atoms with Crippen molar-refractivity contribution in [2.75, 3.05) is 13.1 Å². The molecular weight excluding hydrogens is 368 g/mol. The largest absolute Gasteiger partial charge is 0.477 e. The first-order chi connectivity index (χ1) is 12.1. The van der Waals surface area contributed by atoms with Gasteiger partial charge in [-0.3, -0.25) is 4.79 Å². The van der Waals surface area contributed by atoms with E-state index in [1.807, 2.05) is 31.2 Å². The monoisotopic (exact) mass is 394 g/mol. The van der Waals surface area contributed by atoms with Crippen LogP contribution in [0.4, 0.5) is 0 Å². The second-order valence-electron chi connectivity index (χ2n) is 6.87. The molecule has 0 saturated carbocycles. The Morgan fingerprint density at radius 1 is 1.27 bits per heavy atom. The average Bonchev–Trinajstić information content (AvgIpc) is 3.10. The van der Waals surface area contributed by atoms with Crippen LogP contribution in [0.1, 0.15) is 30.9 Å². The van der Waals surface area contributed by atoms with Crippen molar-refractivity contribution in [2.24, 2.45) is 0 Å². The quantitative estimate of drug-likeness (QED) is 0.784. The molecule has 3 rings (SSSR count). The smallest absolute Gasteiger partial charge is 0.264 e. The van der Waals surface area contributed by atoms with Crippen LogP contribution in [-0.4, -0.2) is 30.6 Å². The molecule has 2 heterocycles. The van der Waals surface area contributed by atoms with Crippen molar-refractivity contribution in [2.45, 2.75) is 44.8 Å². The van der Waals surface area contributed by atoms with E-state index in [-0.39, 0.29) is 24.4 Å². The number of hydrogen-bond donors (Lipinski definition) is 2. The van der Waals surface area contributed by atoms with Gasteiger partial charge in [0.1, 0.15) is 5.75 Å². The molecule has 26 heavy (non-hydrogen) atoms. The fourth-order valence-corrected chi connectivity index (χ4v) is 3.89. The summed E-state index contributed by atoms with van der Waals surface area (Å²) in [6, 6.07) is 10.1. The predicted octanol–water partition coefficient (Wildman–Crippen LogP) is 3.73. The first kappa shape index (κ1) is 20.7. The Balaban J connectivity index is 0.00000243. The lowest BCUT2D eigenvalue weighted by molar-refractivity contribution is -0.139. The van der Waals surface area contributed by atoms with Crippen molar-refractivity contribution < 1.29 is 9.53 Å². The second kappa shape index (κ2) is 9.40. The van der Waals surface area contributed by atoms with Crippen LogP contribution in [0.2, 0.25) is 0 Å². The molecule has 1 amide bonds. The molecule has 6 heteroatoms. The van der Waals surface area contributed by atoms with Gasteiger partial charge in [0.2, 0.25) is 0 Å². The van der Waals surface area contributed by atoms with Crippen molar-refractivity contribution in [3.05, 3.63) is 52.2 Å². The van der Waals surface area contributed by atoms with Gasteiger partial charge in [-0.15, -0.1) is 12.4 Å². The summed E-state index contributed by atoms with van der Waals surface area (Å²) < 4.78 is 6.25. The van der Waals surface area contributed by atoms with Crippen molar-refractivity contribution in [3.63, 3.8) is 0 Å². The van der Waals surface area contributed by atoms with Gasteiger partial charge in [0.15, 0.2) is 5.60 Å². The van der Waals surface area contributed by atoms with E-state index >= 15 is 0 Å². The SMILES string of the molecule is Cc1ccc(OC2(C(=O)NC(C)Cc3ccsc3)CCNCC2)cc1.Cl. The van der Waals surface area contributed by atoms with Crippen LogP contribution in [0.15, 0.2) is 41.1 Å². The zero-order valence-corrected chi connectivity index (χ0v) is 16.9. The van der Waals surface area contributed by atoms with E-state index in [9.17, 15) is 4.79 Å². The van der Waals surface area contributed by atoms with Crippen LogP contribution in [-0.2, 0) is 11.2 Å². The summed E-state index contributed by atoms with van der Waals surface area (Å²) in [5.41, 5.74) is 1.65. The Hall–Kier alpha value is -1.56. The van der Waals surface area contributed by atoms with Crippen molar-refractivity contribution in [1.29, 1.82) is 0 Å². The summed E-state index contributed by atoms with van der Waals surface area (Å²) in [5.74, 6) is 0.755. The molecule has 0 spiro atoms. The molecule has 2 N–H and O–H groups in total. The summed E-state index contributed by atoms with van der Waals surface area (Å²) in [5, 5.41) is 10.7. The number of nitrogens with one attached hydrogen (secondary N) is 2. The van der Waals surface area contributed by atoms with Crippen molar-refractivity contribution in [3.8, 4) is 5.75 Å². The highest BCUT2D eigenvalue weighted by atomic mass is 35.5. The van der Waals surface area contributed by atoms with Gasteiger partial charge in [0.05, 0.1) is 0 Å². The Kier molecular flexibility index (Phi) is 7.50. The second-order valence-corrected chi connectivity index (χ2v) is 7.65. The Morgan fingerprint density at radius 3 is 2.58 bits per heavy atom. The molecule has 1 aliphatic heterocycles. The molecule has 1 aromatic heterocycles. The van der Waals surface area contributed by atoms with Crippen LogP contribution in [0.5, 0.6) is 5.75 Å². The van der Waals surface area contributed by atoms with Crippen LogP contribution in [0.25, 0.3) is 0 Å². The number of carbonyl (C=O) groups is 1. The molecule has 0 radical (unpaired) electrons. The first-order valence-electron chi connectivity index (χ1n) is 8.86. The number of rotatable bonds is 6. The molecular formula is C20H27ClN2O2S. The predicted molar refractivity (Wildman–Crippen MR) is 110 cm³/mol. The van der Waals surface area contributed by atoms with Gasteiger partial charge in [0.25, 0.3) is 5.91 Å². The van der Waals surface area contributed by atoms with Gasteiger partial charge < -0.3 is 15.4 Å². The maximum atomic E-state index is 13.1. The Morgan fingerprint density at radius 2 is 1.96 bits per heavy atom. The standard InChI is InChI=1S/C20H26N2O2S.ClH/c1-15-3-5-18(6-4-15)24-20(8-10-21-11-9-20)19(23)22-16(2)13-17-7-12-25-14-17;/h3-7,12,14,16,21H,8-11,13H2,1-2H3,(H,22,23);1H. The Bertz CT molecular complexity index is 682. The van der Waals surface area contributed by atoms with E-state index < -0.39 is 5.60 Å². The van der Waals surface area contributed by atoms with E-state index in [0.29, 0.717) is 12.8 Å². The topological polar surface area (TPSA) is 50.4 Å². The third-order valence-electron chi connectivity index (χ3n) is 4.66. The number of aryl methyl sites for hydroxylation is 1. The Labute approximate surface area is 165 Å². The van der Waals surface area contributed by atoms with Gasteiger partial charge in [-0.2, -0.15) is 11.3 Å². The zero-order chi connectivity index (χ0) is 17.7. The molecule has 0 aliphatic carbocycles. The fourth-order valence-electron chi connectivity index (χ4n) is 3.21. The highest BCUT2D eigenvalue weighted by molar-refractivity contribution is 7.07. The van der Waals surface area contributed by atoms with E-state index in [0.717, 1.165) is 25.3 Å². The highest BCUT2D eigenvalue weighted by Crippen LogP contribution is 2.27. The van der Waals surface area contributed by atoms with Crippen LogP contribution in [0.3, 0.4) is 0 Å². The minimum atomic E-state index is -0.788. The number of ether oxygens (including phenoxy) is 1. The fraction of sp³-hybridized carbons (Fsp3) is 0.450. The number of hydrogen-bond acceptors (Lipinski definition) is 4. The summed E-state index contributed by atoms with van der Waals surface area (Å²) in [7, 11) is 0. The maximum absolute atomic E-state index is 13.1. The van der Waals surface area contributed by atoms with Crippen LogP contribution in [0, 0.1) is 6.92 Å². The molecule has 2 aromatic rings. The average molecular weight is 395 g/mol. The zero-order valence-electron chi connectivity index (χ0n) is 15.3. The van der Waals surface area contributed by atoms with Gasteiger partial charge in [-0.1, -0.05) is 17.7 Å². The van der Waals surface area contributed by atoms with E-state index in [1.54, 1.807) is 11.3 Å².